The van der Waals surface area contributed by atoms with Gasteiger partial charge in [-0.1, -0.05) is 0 Å². The summed E-state index contributed by atoms with van der Waals surface area (Å²) in [6.07, 6.45) is 1.81. The van der Waals surface area contributed by atoms with E-state index in [4.69, 9.17) is 0 Å². The number of rotatable bonds is 5. The minimum Gasteiger partial charge on any atom is -0.375 e. The number of hydrogen-bond donors (Lipinski definition) is 1. The molecule has 0 aliphatic heterocycles. The van der Waals surface area contributed by atoms with Crippen LogP contribution < -0.4 is 10.2 Å². The van der Waals surface area contributed by atoms with Crippen molar-refractivity contribution in [2.75, 3.05) is 18.5 Å². The lowest BCUT2D eigenvalue weighted by molar-refractivity contribution is 0.0940. The van der Waals surface area contributed by atoms with E-state index in [-0.39, 0.29) is 11.9 Å². The average molecular weight is 300 g/mol. The lowest BCUT2D eigenvalue weighted by atomic mass is 10.1. The molecule has 1 aromatic carbocycles. The zero-order chi connectivity index (χ0) is 16.3. The van der Waals surface area contributed by atoms with Gasteiger partial charge >= 0.3 is 0 Å². The third kappa shape index (κ3) is 3.30. The van der Waals surface area contributed by atoms with E-state index in [0.717, 1.165) is 23.5 Å². The van der Waals surface area contributed by atoms with Crippen LogP contribution in [0.1, 0.15) is 41.5 Å². The van der Waals surface area contributed by atoms with Gasteiger partial charge in [-0.2, -0.15) is 5.10 Å². The second-order valence-electron chi connectivity index (χ2n) is 5.57. The Morgan fingerprint density at radius 1 is 1.36 bits per heavy atom. The molecule has 1 heterocycles. The predicted molar refractivity (Wildman–Crippen MR) is 89.2 cm³/mol. The van der Waals surface area contributed by atoms with Gasteiger partial charge in [0.15, 0.2) is 0 Å². The van der Waals surface area contributed by atoms with Crippen LogP contribution in [0.4, 0.5) is 5.69 Å². The van der Waals surface area contributed by atoms with Gasteiger partial charge in [0, 0.05) is 43.1 Å². The Bertz CT molecular complexity index is 645. The second kappa shape index (κ2) is 6.64. The maximum Gasteiger partial charge on any atom is 0.251 e. The summed E-state index contributed by atoms with van der Waals surface area (Å²) in [5, 5.41) is 7.24. The molecule has 1 N–H and O–H groups in total. The van der Waals surface area contributed by atoms with Crippen molar-refractivity contribution in [1.82, 2.24) is 15.1 Å². The largest absolute Gasteiger partial charge is 0.375 e. The van der Waals surface area contributed by atoms with Gasteiger partial charge in [0.1, 0.15) is 0 Å². The van der Waals surface area contributed by atoms with Crippen molar-refractivity contribution in [2.45, 2.75) is 26.8 Å². The maximum atomic E-state index is 12.3. The van der Waals surface area contributed by atoms with Crippen LogP contribution >= 0.6 is 0 Å². The number of amides is 1. The van der Waals surface area contributed by atoms with E-state index in [1.807, 2.05) is 56.9 Å². The molecule has 0 bridgehead atoms. The van der Waals surface area contributed by atoms with Gasteiger partial charge in [-0.25, -0.2) is 0 Å². The monoisotopic (exact) mass is 300 g/mol. The third-order valence-electron chi connectivity index (χ3n) is 4.13. The topological polar surface area (TPSA) is 50.2 Å². The van der Waals surface area contributed by atoms with Gasteiger partial charge in [0.2, 0.25) is 0 Å². The summed E-state index contributed by atoms with van der Waals surface area (Å²) < 4.78 is 1.81. The first kappa shape index (κ1) is 16.1. The van der Waals surface area contributed by atoms with Crippen molar-refractivity contribution in [3.05, 3.63) is 47.3 Å². The molecule has 1 amide bonds. The van der Waals surface area contributed by atoms with Crippen molar-refractivity contribution >= 4 is 11.6 Å². The van der Waals surface area contributed by atoms with E-state index in [9.17, 15) is 4.79 Å². The number of nitrogens with one attached hydrogen (secondary N) is 1. The Morgan fingerprint density at radius 3 is 2.50 bits per heavy atom. The number of benzene rings is 1. The first-order valence-corrected chi connectivity index (χ1v) is 7.54. The molecular weight excluding hydrogens is 276 g/mol. The lowest BCUT2D eigenvalue weighted by Crippen LogP contribution is -2.27. The molecule has 5 heteroatoms. The molecule has 0 aliphatic rings. The summed E-state index contributed by atoms with van der Waals surface area (Å²) in [7, 11) is 3.93. The summed E-state index contributed by atoms with van der Waals surface area (Å²) in [5.74, 6) is -0.0681. The van der Waals surface area contributed by atoms with Gasteiger partial charge in [0.05, 0.1) is 12.2 Å². The average Bonchev–Trinajstić information content (AvgIpc) is 2.86. The summed E-state index contributed by atoms with van der Waals surface area (Å²) in [5.41, 5.74) is 3.88. The zero-order valence-corrected chi connectivity index (χ0v) is 13.9. The smallest absolute Gasteiger partial charge is 0.251 e. The van der Waals surface area contributed by atoms with E-state index in [1.54, 1.807) is 6.20 Å². The van der Waals surface area contributed by atoms with Crippen LogP contribution in [0, 0.1) is 6.92 Å². The zero-order valence-electron chi connectivity index (χ0n) is 13.9. The molecular formula is C17H24N4O. The van der Waals surface area contributed by atoms with E-state index < -0.39 is 0 Å². The first-order chi connectivity index (χ1) is 10.4. The molecule has 2 rings (SSSR count). The van der Waals surface area contributed by atoms with Crippen LogP contribution in [-0.2, 0) is 7.05 Å². The number of hydrogen-bond acceptors (Lipinski definition) is 3. The third-order valence-corrected chi connectivity index (χ3v) is 4.13. The number of nitrogens with zero attached hydrogens (tertiary/aromatic N) is 3. The minimum absolute atomic E-state index is 0.0681. The summed E-state index contributed by atoms with van der Waals surface area (Å²) in [4.78, 5) is 14.5. The summed E-state index contributed by atoms with van der Waals surface area (Å²) in [6.45, 7) is 7.00. The van der Waals surface area contributed by atoms with Gasteiger partial charge in [0.25, 0.3) is 5.91 Å². The first-order valence-electron chi connectivity index (χ1n) is 7.54. The Morgan fingerprint density at radius 2 is 2.00 bits per heavy atom. The molecule has 0 unspecified atom stereocenters. The normalized spacial score (nSPS) is 12.0. The molecule has 1 atom stereocenters. The highest BCUT2D eigenvalue weighted by molar-refractivity contribution is 5.94. The predicted octanol–water partition coefficient (Wildman–Crippen LogP) is 2.68. The van der Waals surface area contributed by atoms with Crippen LogP contribution in [-0.4, -0.2) is 29.3 Å². The molecule has 0 radical (unpaired) electrons. The highest BCUT2D eigenvalue weighted by atomic mass is 16.1. The molecule has 0 saturated heterocycles. The van der Waals surface area contributed by atoms with Crippen LogP contribution in [0.2, 0.25) is 0 Å². The second-order valence-corrected chi connectivity index (χ2v) is 5.57. The van der Waals surface area contributed by atoms with Crippen molar-refractivity contribution in [1.29, 1.82) is 0 Å². The molecule has 0 aliphatic carbocycles. The number of carbonyl (C=O) groups excluding carboxylic acids is 1. The van der Waals surface area contributed by atoms with Crippen LogP contribution in [0.15, 0.2) is 30.5 Å². The Hall–Kier alpha value is -2.30. The highest BCUT2D eigenvalue weighted by Crippen LogP contribution is 2.18. The number of aromatic nitrogens is 2. The van der Waals surface area contributed by atoms with Gasteiger partial charge < -0.3 is 10.2 Å². The fraction of sp³-hybridized carbons (Fsp3) is 0.412. The van der Waals surface area contributed by atoms with Crippen molar-refractivity contribution < 1.29 is 4.79 Å². The van der Waals surface area contributed by atoms with Crippen molar-refractivity contribution in [2.24, 2.45) is 7.05 Å². The standard InChI is InChI=1S/C17H24N4O/c1-6-20(4)15-9-7-14(8-10-15)17(22)19-12(2)16-11-18-21(5)13(16)3/h7-12H,6H2,1-5H3,(H,19,22)/t12-/m0/s1. The summed E-state index contributed by atoms with van der Waals surface area (Å²) >= 11 is 0. The van der Waals surface area contributed by atoms with Crippen LogP contribution in [0.5, 0.6) is 0 Å². The number of aryl methyl sites for hydroxylation is 1. The quantitative estimate of drug-likeness (QED) is 0.923. The molecule has 2 aromatic rings. The Balaban J connectivity index is 2.07. The molecule has 5 nitrogen and oxygen atoms in total. The van der Waals surface area contributed by atoms with Gasteiger partial charge in [-0.3, -0.25) is 9.48 Å². The van der Waals surface area contributed by atoms with Gasteiger partial charge in [-0.05, 0) is 45.0 Å². The fourth-order valence-corrected chi connectivity index (χ4v) is 2.35. The number of carbonyl (C=O) groups is 1. The fourth-order valence-electron chi connectivity index (χ4n) is 2.35. The van der Waals surface area contributed by atoms with Crippen molar-refractivity contribution in [3.63, 3.8) is 0 Å². The highest BCUT2D eigenvalue weighted by Gasteiger charge is 2.15. The van der Waals surface area contributed by atoms with Gasteiger partial charge in [-0.15, -0.1) is 0 Å². The lowest BCUT2D eigenvalue weighted by Gasteiger charge is -2.17. The summed E-state index contributed by atoms with van der Waals surface area (Å²) in [6, 6.07) is 7.59. The number of anilines is 1. The van der Waals surface area contributed by atoms with E-state index in [1.165, 1.54) is 0 Å². The van der Waals surface area contributed by atoms with E-state index in [0.29, 0.717) is 5.56 Å². The Kier molecular flexibility index (Phi) is 4.85. The Labute approximate surface area is 131 Å². The molecule has 0 fully saturated rings. The van der Waals surface area contributed by atoms with E-state index >= 15 is 0 Å². The molecule has 0 saturated carbocycles. The molecule has 0 spiro atoms. The minimum atomic E-state index is -0.0702. The molecule has 1 aromatic heterocycles. The van der Waals surface area contributed by atoms with E-state index in [2.05, 4.69) is 22.2 Å². The SMILES string of the molecule is CCN(C)c1ccc(C(=O)N[C@@H](C)c2cnn(C)c2C)cc1. The van der Waals surface area contributed by atoms with Crippen LogP contribution in [0.25, 0.3) is 0 Å². The van der Waals surface area contributed by atoms with Crippen LogP contribution in [0.3, 0.4) is 0 Å². The molecule has 22 heavy (non-hydrogen) atoms. The molecule has 118 valence electrons. The van der Waals surface area contributed by atoms with Crippen molar-refractivity contribution in [3.8, 4) is 0 Å². The maximum absolute atomic E-state index is 12.3.